The lowest BCUT2D eigenvalue weighted by atomic mass is 10.7. The summed E-state index contributed by atoms with van der Waals surface area (Å²) in [5, 5.41) is 1.54. The van der Waals surface area contributed by atoms with E-state index in [0.717, 1.165) is 0 Å². The molecule has 0 aromatic rings. The topological polar surface area (TPSA) is 71.1 Å². The Hall–Kier alpha value is -0.490. The molecule has 0 spiro atoms. The van der Waals surface area contributed by atoms with Gasteiger partial charge in [0.1, 0.15) is 5.76 Å². The monoisotopic (exact) mass is 284 g/mol. The highest BCUT2D eigenvalue weighted by molar-refractivity contribution is 8.02. The number of hydrogen-bond acceptors (Lipinski definition) is 7. The number of phosphoric acid groups is 1. The highest BCUT2D eigenvalue weighted by atomic mass is 32.2. The predicted molar refractivity (Wildman–Crippen MR) is 65.6 cm³/mol. The third-order valence-corrected chi connectivity index (χ3v) is 3.77. The van der Waals surface area contributed by atoms with Crippen LogP contribution < -0.4 is 0 Å². The highest BCUT2D eigenvalue weighted by Crippen LogP contribution is 2.49. The van der Waals surface area contributed by atoms with E-state index < -0.39 is 7.82 Å². The van der Waals surface area contributed by atoms with Gasteiger partial charge in [0.2, 0.25) is 0 Å². The van der Waals surface area contributed by atoms with Crippen molar-refractivity contribution in [3.63, 3.8) is 0 Å². The first kappa shape index (κ1) is 16.5. The van der Waals surface area contributed by atoms with Crippen molar-refractivity contribution >= 4 is 25.6 Å². The number of hydrogen-bond donors (Lipinski definition) is 0. The first-order valence-electron chi connectivity index (χ1n) is 4.82. The second-order valence-corrected chi connectivity index (χ2v) is 5.41. The molecule has 0 aliphatic carbocycles. The van der Waals surface area contributed by atoms with Crippen LogP contribution in [0.15, 0.2) is 11.2 Å². The van der Waals surface area contributed by atoms with Crippen LogP contribution in [0.4, 0.5) is 0 Å². The minimum absolute atomic E-state index is 0.165. The molecule has 17 heavy (non-hydrogen) atoms. The van der Waals surface area contributed by atoms with Crippen LogP contribution in [0.3, 0.4) is 0 Å². The van der Waals surface area contributed by atoms with Gasteiger partial charge in [-0.25, -0.2) is 4.57 Å². The van der Waals surface area contributed by atoms with Crippen molar-refractivity contribution in [1.29, 1.82) is 0 Å². The summed E-state index contributed by atoms with van der Waals surface area (Å²) in [5.41, 5.74) is 0. The van der Waals surface area contributed by atoms with Gasteiger partial charge in [0.15, 0.2) is 0 Å². The average molecular weight is 284 g/mol. The maximum atomic E-state index is 11.6. The molecule has 0 atom stereocenters. The molecule has 8 heteroatoms. The van der Waals surface area contributed by atoms with Crippen LogP contribution in [0, 0.1) is 0 Å². The van der Waals surface area contributed by atoms with Crippen LogP contribution in [0.25, 0.3) is 0 Å². The first-order chi connectivity index (χ1) is 7.97. The zero-order valence-electron chi connectivity index (χ0n) is 10.3. The van der Waals surface area contributed by atoms with Crippen LogP contribution in [-0.2, 0) is 27.7 Å². The number of carbonyl (C=O) groups is 1. The van der Waals surface area contributed by atoms with Gasteiger partial charge in [-0.05, 0) is 13.8 Å². The van der Waals surface area contributed by atoms with Gasteiger partial charge in [-0.2, -0.15) is 0 Å². The molecule has 0 aliphatic heterocycles. The molecule has 0 heterocycles. The van der Waals surface area contributed by atoms with Crippen LogP contribution >= 0.6 is 19.6 Å². The van der Waals surface area contributed by atoms with E-state index in [-0.39, 0.29) is 11.7 Å². The maximum Gasteiger partial charge on any atom is 0.529 e. The van der Waals surface area contributed by atoms with Gasteiger partial charge in [-0.3, -0.25) is 13.8 Å². The molecule has 100 valence electrons. The SMILES string of the molecule is CCOC(=O)CS/C=C(/C)OP(=O)(OC)OC. The van der Waals surface area contributed by atoms with Crippen molar-refractivity contribution in [3.05, 3.63) is 11.2 Å². The summed E-state index contributed by atoms with van der Waals surface area (Å²) in [6.07, 6.45) is 0. The van der Waals surface area contributed by atoms with Gasteiger partial charge < -0.3 is 9.26 Å². The standard InChI is InChI=1S/C9H17O6PS/c1-5-14-9(10)7-17-6-8(2)15-16(11,12-3)13-4/h6H,5,7H2,1-4H3/b8-6-. The summed E-state index contributed by atoms with van der Waals surface area (Å²) in [5.74, 6) is 0.188. The fraction of sp³-hybridized carbons (Fsp3) is 0.667. The zero-order valence-corrected chi connectivity index (χ0v) is 12.0. The molecule has 0 aromatic heterocycles. The van der Waals surface area contributed by atoms with Gasteiger partial charge >= 0.3 is 13.8 Å². The Balaban J connectivity index is 4.10. The van der Waals surface area contributed by atoms with E-state index in [0.29, 0.717) is 12.4 Å². The van der Waals surface area contributed by atoms with Gasteiger partial charge in [0, 0.05) is 19.6 Å². The molecule has 0 bridgehead atoms. The number of thioether (sulfide) groups is 1. The average Bonchev–Trinajstić information content (AvgIpc) is 2.29. The first-order valence-corrected chi connectivity index (χ1v) is 7.33. The molecule has 0 saturated carbocycles. The van der Waals surface area contributed by atoms with Crippen LogP contribution in [0.5, 0.6) is 0 Å². The third-order valence-electron chi connectivity index (χ3n) is 1.46. The van der Waals surface area contributed by atoms with E-state index in [2.05, 4.69) is 9.05 Å². The Bertz CT molecular complexity index is 309. The maximum absolute atomic E-state index is 11.6. The number of rotatable bonds is 8. The zero-order chi connectivity index (χ0) is 13.3. The lowest BCUT2D eigenvalue weighted by molar-refractivity contribution is -0.139. The number of esters is 1. The molecule has 0 saturated heterocycles. The van der Waals surface area contributed by atoms with Crippen LogP contribution in [0.2, 0.25) is 0 Å². The lowest BCUT2D eigenvalue weighted by Crippen LogP contribution is -2.05. The van der Waals surface area contributed by atoms with Crippen molar-refractivity contribution in [2.24, 2.45) is 0 Å². The Morgan fingerprint density at radius 2 is 1.94 bits per heavy atom. The largest absolute Gasteiger partial charge is 0.529 e. The molecular weight excluding hydrogens is 267 g/mol. The summed E-state index contributed by atoms with van der Waals surface area (Å²) >= 11 is 1.18. The molecule has 0 radical (unpaired) electrons. The Kier molecular flexibility index (Phi) is 8.33. The van der Waals surface area contributed by atoms with Gasteiger partial charge in [-0.15, -0.1) is 11.8 Å². The third kappa shape index (κ3) is 7.44. The summed E-state index contributed by atoms with van der Waals surface area (Å²) in [6, 6.07) is 0. The molecule has 0 fully saturated rings. The predicted octanol–water partition coefficient (Wildman–Crippen LogP) is 2.56. The smallest absolute Gasteiger partial charge is 0.465 e. The molecule has 0 aliphatic rings. The van der Waals surface area contributed by atoms with Crippen molar-refractivity contribution < 1.29 is 27.7 Å². The van der Waals surface area contributed by atoms with E-state index in [4.69, 9.17) is 9.26 Å². The molecule has 0 rings (SSSR count). The van der Waals surface area contributed by atoms with Crippen molar-refractivity contribution in [2.45, 2.75) is 13.8 Å². The van der Waals surface area contributed by atoms with Gasteiger partial charge in [0.25, 0.3) is 0 Å². The Labute approximate surface area is 105 Å². The van der Waals surface area contributed by atoms with E-state index >= 15 is 0 Å². The molecule has 0 unspecified atom stereocenters. The Morgan fingerprint density at radius 1 is 1.35 bits per heavy atom. The number of phosphoric ester groups is 1. The molecular formula is C9H17O6PS. The number of carbonyl (C=O) groups excluding carboxylic acids is 1. The summed E-state index contributed by atoms with van der Waals surface area (Å²) in [6.45, 7) is 3.67. The second-order valence-electron chi connectivity index (χ2n) is 2.75. The summed E-state index contributed by atoms with van der Waals surface area (Å²) in [4.78, 5) is 11.0. The summed E-state index contributed by atoms with van der Waals surface area (Å²) < 4.78 is 30.4. The van der Waals surface area contributed by atoms with Crippen LogP contribution in [-0.4, -0.2) is 32.5 Å². The van der Waals surface area contributed by atoms with Crippen molar-refractivity contribution in [3.8, 4) is 0 Å². The molecule has 0 amide bonds. The highest BCUT2D eigenvalue weighted by Gasteiger charge is 2.24. The Morgan fingerprint density at radius 3 is 2.41 bits per heavy atom. The normalized spacial score (nSPS) is 12.4. The quantitative estimate of drug-likeness (QED) is 0.385. The van der Waals surface area contributed by atoms with Gasteiger partial charge in [0.05, 0.1) is 12.4 Å². The van der Waals surface area contributed by atoms with Crippen molar-refractivity contribution in [2.75, 3.05) is 26.6 Å². The molecule has 6 nitrogen and oxygen atoms in total. The number of ether oxygens (including phenoxy) is 1. The fourth-order valence-electron chi connectivity index (χ4n) is 0.777. The van der Waals surface area contributed by atoms with Crippen molar-refractivity contribution in [1.82, 2.24) is 0 Å². The van der Waals surface area contributed by atoms with Crippen LogP contribution in [0.1, 0.15) is 13.8 Å². The minimum atomic E-state index is -3.51. The lowest BCUT2D eigenvalue weighted by Gasteiger charge is -2.14. The fourth-order valence-corrected chi connectivity index (χ4v) is 2.14. The summed E-state index contributed by atoms with van der Waals surface area (Å²) in [7, 11) is -1.06. The number of allylic oxidation sites excluding steroid dienone is 1. The van der Waals surface area contributed by atoms with E-state index in [1.54, 1.807) is 19.3 Å². The van der Waals surface area contributed by atoms with E-state index in [1.165, 1.54) is 26.0 Å². The molecule has 0 N–H and O–H groups in total. The van der Waals surface area contributed by atoms with Gasteiger partial charge in [-0.1, -0.05) is 0 Å². The second kappa shape index (κ2) is 8.58. The van der Waals surface area contributed by atoms with E-state index in [1.807, 2.05) is 0 Å². The van der Waals surface area contributed by atoms with E-state index in [9.17, 15) is 9.36 Å². The molecule has 0 aromatic carbocycles. The minimum Gasteiger partial charge on any atom is -0.465 e.